The second-order valence-electron chi connectivity index (χ2n) is 5.90. The summed E-state index contributed by atoms with van der Waals surface area (Å²) in [5, 5.41) is 0.923. The number of nitrogens with one attached hydrogen (secondary N) is 1. The molecule has 1 aromatic heterocycles. The Morgan fingerprint density at radius 3 is 3.00 bits per heavy atom. The molecule has 0 aliphatic carbocycles. The second-order valence-corrected chi connectivity index (χ2v) is 5.90. The number of carbonyl (C=O) groups is 1. The third-order valence-corrected chi connectivity index (χ3v) is 4.47. The van der Waals surface area contributed by atoms with Gasteiger partial charge in [0.05, 0.1) is 5.56 Å². The van der Waals surface area contributed by atoms with Crippen molar-refractivity contribution >= 4 is 16.9 Å². The molecule has 1 saturated heterocycles. The van der Waals surface area contributed by atoms with Gasteiger partial charge in [0.15, 0.2) is 0 Å². The van der Waals surface area contributed by atoms with Gasteiger partial charge in [0.25, 0.3) is 0 Å². The van der Waals surface area contributed by atoms with Gasteiger partial charge in [0.2, 0.25) is 0 Å². The number of H-pyrrole nitrogens is 1. The molecule has 1 aliphatic rings. The lowest BCUT2D eigenvalue weighted by Gasteiger charge is -2.35. The number of benzene rings is 1. The van der Waals surface area contributed by atoms with Crippen LogP contribution >= 0.6 is 0 Å². The van der Waals surface area contributed by atoms with Gasteiger partial charge in [-0.15, -0.1) is 0 Å². The summed E-state index contributed by atoms with van der Waals surface area (Å²) >= 11 is 0. The first-order chi connectivity index (χ1) is 10.2. The molecule has 4 nitrogen and oxygen atoms in total. The maximum Gasteiger partial charge on any atom is 0.340 e. The average Bonchev–Trinajstić information content (AvgIpc) is 2.91. The Morgan fingerprint density at radius 1 is 1.38 bits per heavy atom. The number of esters is 1. The first-order valence-electron chi connectivity index (χ1n) is 7.64. The Labute approximate surface area is 125 Å². The number of carbonyl (C=O) groups excluding carboxylic acids is 1. The predicted octanol–water partition coefficient (Wildman–Crippen LogP) is 3.20. The lowest BCUT2D eigenvalue weighted by atomic mass is 9.99. The molecule has 1 aliphatic heterocycles. The minimum absolute atomic E-state index is 0.0866. The van der Waals surface area contributed by atoms with Crippen LogP contribution in [-0.4, -0.2) is 41.6 Å². The van der Waals surface area contributed by atoms with Crippen LogP contribution in [0.25, 0.3) is 10.9 Å². The summed E-state index contributed by atoms with van der Waals surface area (Å²) < 4.78 is 5.71. The van der Waals surface area contributed by atoms with Crippen molar-refractivity contribution in [2.75, 3.05) is 13.6 Å². The predicted molar refractivity (Wildman–Crippen MR) is 83.4 cm³/mol. The zero-order chi connectivity index (χ0) is 14.8. The van der Waals surface area contributed by atoms with Gasteiger partial charge in [-0.2, -0.15) is 0 Å². The second kappa shape index (κ2) is 5.90. The van der Waals surface area contributed by atoms with Gasteiger partial charge >= 0.3 is 5.97 Å². The van der Waals surface area contributed by atoms with Crippen LogP contribution in [0.5, 0.6) is 0 Å². The number of aromatic amines is 1. The van der Waals surface area contributed by atoms with Gasteiger partial charge in [-0.3, -0.25) is 4.90 Å². The summed E-state index contributed by atoms with van der Waals surface area (Å²) in [6.07, 6.45) is 5.19. The van der Waals surface area contributed by atoms with Crippen molar-refractivity contribution in [1.29, 1.82) is 0 Å². The Hall–Kier alpha value is -1.81. The standard InChI is InChI=1S/C17H22N2O2/c1-12(16-9-5-6-10-19(16)2)21-17(20)14-11-18-15-8-4-3-7-13(14)15/h3-4,7-8,11-12,16,18H,5-6,9-10H2,1-2H3/t12-,16?/m1/s1. The van der Waals surface area contributed by atoms with Crippen molar-refractivity contribution in [2.45, 2.75) is 38.3 Å². The van der Waals surface area contributed by atoms with E-state index in [-0.39, 0.29) is 12.1 Å². The number of aromatic nitrogens is 1. The highest BCUT2D eigenvalue weighted by Gasteiger charge is 2.28. The molecule has 2 aromatic rings. The highest BCUT2D eigenvalue weighted by Crippen LogP contribution is 2.23. The SMILES string of the molecule is C[C@@H](OC(=O)c1c[nH]c2ccccc12)C1CCCCN1C. The molecule has 3 rings (SSSR count). The molecule has 21 heavy (non-hydrogen) atoms. The number of likely N-dealkylation sites (N-methyl/N-ethyl adjacent to an activating group) is 1. The molecule has 0 radical (unpaired) electrons. The van der Waals surface area contributed by atoms with Crippen molar-refractivity contribution in [3.05, 3.63) is 36.0 Å². The zero-order valence-corrected chi connectivity index (χ0v) is 12.6. The molecule has 0 saturated carbocycles. The smallest absolute Gasteiger partial charge is 0.340 e. The average molecular weight is 286 g/mol. The monoisotopic (exact) mass is 286 g/mol. The molecule has 0 bridgehead atoms. The van der Waals surface area contributed by atoms with Crippen LogP contribution < -0.4 is 0 Å². The number of rotatable bonds is 3. The topological polar surface area (TPSA) is 45.3 Å². The van der Waals surface area contributed by atoms with Crippen LogP contribution in [0.3, 0.4) is 0 Å². The Morgan fingerprint density at radius 2 is 2.19 bits per heavy atom. The minimum Gasteiger partial charge on any atom is -0.457 e. The minimum atomic E-state index is -0.237. The van der Waals surface area contributed by atoms with Gasteiger partial charge in [-0.1, -0.05) is 24.6 Å². The maximum absolute atomic E-state index is 12.4. The van der Waals surface area contributed by atoms with Crippen LogP contribution in [0.4, 0.5) is 0 Å². The van der Waals surface area contributed by atoms with E-state index in [1.165, 1.54) is 12.8 Å². The first kappa shape index (κ1) is 14.1. The van der Waals surface area contributed by atoms with Gasteiger partial charge in [0.1, 0.15) is 6.10 Å². The van der Waals surface area contributed by atoms with Crippen LogP contribution in [0, 0.1) is 0 Å². The van der Waals surface area contributed by atoms with E-state index >= 15 is 0 Å². The Bertz CT molecular complexity index is 635. The van der Waals surface area contributed by atoms with Crippen LogP contribution in [-0.2, 0) is 4.74 Å². The van der Waals surface area contributed by atoms with Gasteiger partial charge < -0.3 is 9.72 Å². The molecular weight excluding hydrogens is 264 g/mol. The number of hydrogen-bond donors (Lipinski definition) is 1. The normalized spacial score (nSPS) is 21.3. The summed E-state index contributed by atoms with van der Waals surface area (Å²) in [5.41, 5.74) is 1.59. The molecule has 4 heteroatoms. The van der Waals surface area contributed by atoms with Crippen LogP contribution in [0.2, 0.25) is 0 Å². The highest BCUT2D eigenvalue weighted by molar-refractivity contribution is 6.04. The molecule has 2 atom stereocenters. The molecule has 2 heterocycles. The molecule has 112 valence electrons. The van der Waals surface area contributed by atoms with Crippen molar-refractivity contribution in [3.63, 3.8) is 0 Å². The largest absolute Gasteiger partial charge is 0.457 e. The van der Waals surface area contributed by atoms with Crippen LogP contribution in [0.1, 0.15) is 36.5 Å². The van der Waals surface area contributed by atoms with E-state index in [1.807, 2.05) is 31.2 Å². The van der Waals surface area contributed by atoms with Crippen molar-refractivity contribution in [1.82, 2.24) is 9.88 Å². The molecule has 0 spiro atoms. The molecular formula is C17H22N2O2. The lowest BCUT2D eigenvalue weighted by molar-refractivity contribution is 0.00139. The van der Waals surface area contributed by atoms with E-state index in [0.717, 1.165) is 23.9 Å². The number of ether oxygens (including phenoxy) is 1. The molecule has 1 aromatic carbocycles. The zero-order valence-electron chi connectivity index (χ0n) is 12.6. The molecule has 0 amide bonds. The molecule has 1 fully saturated rings. The number of hydrogen-bond acceptors (Lipinski definition) is 3. The van der Waals surface area contributed by atoms with E-state index in [9.17, 15) is 4.79 Å². The number of likely N-dealkylation sites (tertiary alicyclic amines) is 1. The molecule has 1 N–H and O–H groups in total. The van der Waals surface area contributed by atoms with Gasteiger partial charge in [0, 0.05) is 23.1 Å². The Kier molecular flexibility index (Phi) is 3.97. The van der Waals surface area contributed by atoms with Gasteiger partial charge in [-0.25, -0.2) is 4.79 Å². The van der Waals surface area contributed by atoms with E-state index in [2.05, 4.69) is 16.9 Å². The summed E-state index contributed by atoms with van der Waals surface area (Å²) in [6, 6.07) is 8.12. The fraction of sp³-hybridized carbons (Fsp3) is 0.471. The van der Waals surface area contributed by atoms with Crippen molar-refractivity contribution in [2.24, 2.45) is 0 Å². The maximum atomic E-state index is 12.4. The fourth-order valence-electron chi connectivity index (χ4n) is 3.25. The number of nitrogens with zero attached hydrogens (tertiary/aromatic N) is 1. The first-order valence-corrected chi connectivity index (χ1v) is 7.64. The molecule has 1 unspecified atom stereocenters. The van der Waals surface area contributed by atoms with Crippen molar-refractivity contribution in [3.8, 4) is 0 Å². The van der Waals surface area contributed by atoms with E-state index in [0.29, 0.717) is 11.6 Å². The van der Waals surface area contributed by atoms with Crippen LogP contribution in [0.15, 0.2) is 30.5 Å². The lowest BCUT2D eigenvalue weighted by Crippen LogP contribution is -2.44. The fourth-order valence-corrected chi connectivity index (χ4v) is 3.25. The summed E-state index contributed by atoms with van der Waals surface area (Å²) in [6.45, 7) is 3.08. The summed E-state index contributed by atoms with van der Waals surface area (Å²) in [7, 11) is 2.11. The van der Waals surface area contributed by atoms with E-state index in [4.69, 9.17) is 4.74 Å². The number of para-hydroxylation sites is 1. The highest BCUT2D eigenvalue weighted by atomic mass is 16.5. The number of piperidine rings is 1. The third kappa shape index (κ3) is 2.81. The van der Waals surface area contributed by atoms with E-state index in [1.54, 1.807) is 6.20 Å². The third-order valence-electron chi connectivity index (χ3n) is 4.47. The van der Waals surface area contributed by atoms with E-state index < -0.39 is 0 Å². The summed E-state index contributed by atoms with van der Waals surface area (Å²) in [4.78, 5) is 17.8. The quantitative estimate of drug-likeness (QED) is 0.881. The van der Waals surface area contributed by atoms with Crippen molar-refractivity contribution < 1.29 is 9.53 Å². The number of fused-ring (bicyclic) bond motifs is 1. The van der Waals surface area contributed by atoms with Gasteiger partial charge in [-0.05, 0) is 39.4 Å². The summed E-state index contributed by atoms with van der Waals surface area (Å²) in [5.74, 6) is -0.237. The Balaban J connectivity index is 1.73.